The molecule has 0 aromatic carbocycles. The van der Waals surface area contributed by atoms with Gasteiger partial charge in [0.1, 0.15) is 0 Å². The van der Waals surface area contributed by atoms with E-state index in [2.05, 4.69) is 13.8 Å². The molecule has 0 radical (unpaired) electrons. The highest BCUT2D eigenvalue weighted by Gasteiger charge is 1.84. The second-order valence-corrected chi connectivity index (χ2v) is 4.55. The predicted octanol–water partition coefficient (Wildman–Crippen LogP) is 0.754. The number of hydrogen-bond acceptors (Lipinski definition) is 3. The second-order valence-electron chi connectivity index (χ2n) is 1.52. The molecular formula is C4H13NO4S2. The molecule has 0 bridgehead atoms. The first-order chi connectivity index (χ1) is 4.81. The van der Waals surface area contributed by atoms with Gasteiger partial charge in [-0.25, -0.2) is 0 Å². The van der Waals surface area contributed by atoms with E-state index in [0.717, 1.165) is 11.5 Å². The summed E-state index contributed by atoms with van der Waals surface area (Å²) in [5.41, 5.74) is 0. The van der Waals surface area contributed by atoms with Crippen LogP contribution in [0.25, 0.3) is 0 Å². The van der Waals surface area contributed by atoms with Gasteiger partial charge in [-0.2, -0.15) is 8.42 Å². The van der Waals surface area contributed by atoms with E-state index in [9.17, 15) is 0 Å². The summed E-state index contributed by atoms with van der Waals surface area (Å²) in [5, 5.41) is 0. The van der Waals surface area contributed by atoms with Crippen LogP contribution in [0, 0.1) is 4.78 Å². The van der Waals surface area contributed by atoms with Gasteiger partial charge in [0.25, 0.3) is 0 Å². The smallest absolute Gasteiger partial charge is 0.280 e. The summed E-state index contributed by atoms with van der Waals surface area (Å²) < 4.78 is 38.7. The lowest BCUT2D eigenvalue weighted by molar-refractivity contribution is 0.381. The first-order valence-corrected chi connectivity index (χ1v) is 5.85. The molecular weight excluding hydrogens is 190 g/mol. The van der Waals surface area contributed by atoms with E-state index in [-0.39, 0.29) is 10.7 Å². The maximum absolute atomic E-state index is 8.74. The molecule has 0 aliphatic heterocycles. The van der Waals surface area contributed by atoms with Gasteiger partial charge in [0, 0.05) is 11.5 Å². The molecule has 0 amide bonds. The third kappa shape index (κ3) is 39.9. The molecule has 0 aliphatic rings. The average molecular weight is 203 g/mol. The maximum atomic E-state index is 8.74. The van der Waals surface area contributed by atoms with Crippen LogP contribution in [-0.2, 0) is 21.1 Å². The normalized spacial score (nSPS) is 10.6. The van der Waals surface area contributed by atoms with Gasteiger partial charge in [-0.1, -0.05) is 13.8 Å². The van der Waals surface area contributed by atoms with E-state index in [4.69, 9.17) is 22.3 Å². The quantitative estimate of drug-likeness (QED) is 0.577. The maximum Gasteiger partial charge on any atom is 0.394 e. The zero-order valence-electron chi connectivity index (χ0n) is 6.44. The van der Waals surface area contributed by atoms with Crippen molar-refractivity contribution in [3.05, 3.63) is 0 Å². The van der Waals surface area contributed by atoms with Crippen LogP contribution in [-0.4, -0.2) is 29.0 Å². The van der Waals surface area contributed by atoms with E-state index in [1.807, 2.05) is 0 Å². The van der Waals surface area contributed by atoms with Crippen molar-refractivity contribution in [2.24, 2.45) is 0 Å². The van der Waals surface area contributed by atoms with E-state index < -0.39 is 10.4 Å². The lowest BCUT2D eigenvalue weighted by atomic mass is 11.0. The number of nitrogens with one attached hydrogen (secondary N) is 1. The fraction of sp³-hybridized carbons (Fsp3) is 1.00. The van der Waals surface area contributed by atoms with Gasteiger partial charge in [-0.3, -0.25) is 13.9 Å². The largest absolute Gasteiger partial charge is 0.394 e. The van der Waals surface area contributed by atoms with Crippen LogP contribution in [0.3, 0.4) is 0 Å². The van der Waals surface area contributed by atoms with E-state index in [1.165, 1.54) is 0 Å². The Hall–Kier alpha value is 0.0200. The van der Waals surface area contributed by atoms with Crippen LogP contribution in [0.5, 0.6) is 0 Å². The van der Waals surface area contributed by atoms with Gasteiger partial charge in [-0.15, -0.1) is 10.7 Å². The Balaban J connectivity index is 0. The molecule has 0 atom stereocenters. The molecule has 0 heterocycles. The van der Waals surface area contributed by atoms with Gasteiger partial charge >= 0.3 is 10.4 Å². The Morgan fingerprint density at radius 3 is 1.45 bits per heavy atom. The molecule has 3 N–H and O–H groups in total. The molecule has 0 spiro atoms. The Labute approximate surface area is 69.3 Å². The van der Waals surface area contributed by atoms with Crippen LogP contribution < -0.4 is 0 Å². The van der Waals surface area contributed by atoms with Crippen LogP contribution in [0.15, 0.2) is 0 Å². The van der Waals surface area contributed by atoms with Gasteiger partial charge in [0.05, 0.1) is 0 Å². The minimum Gasteiger partial charge on any atom is -0.280 e. The second kappa shape index (κ2) is 6.71. The lowest BCUT2D eigenvalue weighted by Crippen LogP contribution is -1.90. The minimum absolute atomic E-state index is 0.0340. The zero-order chi connectivity index (χ0) is 9.49. The minimum atomic E-state index is -4.67. The third-order valence-corrected chi connectivity index (χ3v) is 2.09. The SMILES string of the molecule is CCS(=N)CC.O=S(=O)(O)O. The van der Waals surface area contributed by atoms with Crippen LogP contribution in [0.4, 0.5) is 0 Å². The number of hydrogen-bond donors (Lipinski definition) is 3. The van der Waals surface area contributed by atoms with Crippen LogP contribution in [0.2, 0.25) is 0 Å². The van der Waals surface area contributed by atoms with Crippen molar-refractivity contribution in [2.45, 2.75) is 13.8 Å². The molecule has 5 nitrogen and oxygen atoms in total. The Bertz CT molecular complexity index is 184. The average Bonchev–Trinajstić information content (AvgIpc) is 1.83. The van der Waals surface area contributed by atoms with E-state index in [1.54, 1.807) is 0 Å². The Morgan fingerprint density at radius 1 is 1.27 bits per heavy atom. The van der Waals surface area contributed by atoms with Crippen molar-refractivity contribution in [3.63, 3.8) is 0 Å². The molecule has 70 valence electrons. The first kappa shape index (κ1) is 13.6. The van der Waals surface area contributed by atoms with Gasteiger partial charge < -0.3 is 0 Å². The molecule has 0 aromatic rings. The molecule has 0 fully saturated rings. The summed E-state index contributed by atoms with van der Waals surface area (Å²) in [5.74, 6) is 2.05. The predicted molar refractivity (Wildman–Crippen MR) is 45.3 cm³/mol. The highest BCUT2D eigenvalue weighted by molar-refractivity contribution is 7.85. The molecule has 11 heavy (non-hydrogen) atoms. The van der Waals surface area contributed by atoms with E-state index in [0.29, 0.717) is 0 Å². The van der Waals surface area contributed by atoms with E-state index >= 15 is 0 Å². The summed E-state index contributed by atoms with van der Waals surface area (Å²) in [7, 11) is -4.70. The summed E-state index contributed by atoms with van der Waals surface area (Å²) in [6.45, 7) is 4.11. The summed E-state index contributed by atoms with van der Waals surface area (Å²) >= 11 is 0. The highest BCUT2D eigenvalue weighted by atomic mass is 32.3. The molecule has 7 heteroatoms. The monoisotopic (exact) mass is 203 g/mol. The van der Waals surface area contributed by atoms with Crippen molar-refractivity contribution in [3.8, 4) is 0 Å². The topological polar surface area (TPSA) is 98.5 Å². The van der Waals surface area contributed by atoms with Crippen molar-refractivity contribution < 1.29 is 17.5 Å². The lowest BCUT2D eigenvalue weighted by Gasteiger charge is -1.89. The van der Waals surface area contributed by atoms with Crippen LogP contribution >= 0.6 is 0 Å². The molecule has 0 saturated carbocycles. The Morgan fingerprint density at radius 2 is 1.45 bits per heavy atom. The molecule has 0 rings (SSSR count). The highest BCUT2D eigenvalue weighted by Crippen LogP contribution is 1.77. The summed E-state index contributed by atoms with van der Waals surface area (Å²) in [6.07, 6.45) is 0. The van der Waals surface area contributed by atoms with Crippen molar-refractivity contribution in [1.29, 1.82) is 4.78 Å². The fourth-order valence-corrected chi connectivity index (χ4v) is 0.612. The molecule has 0 saturated heterocycles. The van der Waals surface area contributed by atoms with Crippen molar-refractivity contribution >= 4 is 21.1 Å². The Kier molecular flexibility index (Phi) is 8.30. The molecule has 0 aromatic heterocycles. The third-order valence-electron chi connectivity index (χ3n) is 0.697. The summed E-state index contributed by atoms with van der Waals surface area (Å²) in [6, 6.07) is 0. The van der Waals surface area contributed by atoms with Crippen LogP contribution in [0.1, 0.15) is 13.8 Å². The molecule has 0 aliphatic carbocycles. The first-order valence-electron chi connectivity index (χ1n) is 2.89. The van der Waals surface area contributed by atoms with Gasteiger partial charge in [0.15, 0.2) is 0 Å². The number of rotatable bonds is 2. The summed E-state index contributed by atoms with van der Waals surface area (Å²) in [4.78, 5) is 0. The van der Waals surface area contributed by atoms with Gasteiger partial charge in [0.2, 0.25) is 0 Å². The fourth-order valence-electron chi connectivity index (χ4n) is 0.204. The van der Waals surface area contributed by atoms with Crippen molar-refractivity contribution in [1.82, 2.24) is 0 Å². The van der Waals surface area contributed by atoms with Crippen molar-refractivity contribution in [2.75, 3.05) is 11.5 Å². The molecule has 0 unspecified atom stereocenters. The standard InChI is InChI=1S/C4H11NS.H2O4S/c1-3-6(5)4-2;1-5(2,3)4/h5H,3-4H2,1-2H3;(H2,1,2,3,4). The zero-order valence-corrected chi connectivity index (χ0v) is 8.07. The van der Waals surface area contributed by atoms with Gasteiger partial charge in [-0.05, 0) is 0 Å².